The molecule has 0 aliphatic rings. The van der Waals surface area contributed by atoms with Crippen molar-refractivity contribution in [2.45, 2.75) is 11.4 Å². The van der Waals surface area contributed by atoms with E-state index in [-0.39, 0.29) is 17.3 Å². The van der Waals surface area contributed by atoms with Gasteiger partial charge >= 0.3 is 0 Å². The fourth-order valence-electron chi connectivity index (χ4n) is 1.62. The maximum atomic E-state index is 12.3. The fourth-order valence-corrected chi connectivity index (χ4v) is 2.84. The minimum atomic E-state index is -3.65. The van der Waals surface area contributed by atoms with E-state index in [1.54, 1.807) is 24.5 Å². The Balaban J connectivity index is 2.28. The van der Waals surface area contributed by atoms with Gasteiger partial charge in [0.2, 0.25) is 10.0 Å². The molecule has 2 aromatic rings. The summed E-state index contributed by atoms with van der Waals surface area (Å²) in [4.78, 5) is 7.76. The normalized spacial score (nSPS) is 11.7. The number of aromatic nitrogens is 2. The summed E-state index contributed by atoms with van der Waals surface area (Å²) in [5, 5.41) is 0. The Bertz CT molecular complexity index is 658. The number of hydrogen-bond acceptors (Lipinski definition) is 5. The van der Waals surface area contributed by atoms with Crippen molar-refractivity contribution in [3.63, 3.8) is 0 Å². The molecule has 0 unspecified atom stereocenters. The van der Waals surface area contributed by atoms with Crippen molar-refractivity contribution in [2.24, 2.45) is 0 Å². The first-order chi connectivity index (χ1) is 9.01. The fraction of sp³-hybridized carbons (Fsp3) is 0.167. The SMILES string of the molecule is CN(Cc1cccnc1)S(=O)(=O)c1cccnc1N. The molecule has 19 heavy (non-hydrogen) atoms. The number of nitrogens with two attached hydrogens (primary N) is 1. The van der Waals surface area contributed by atoms with Crippen LogP contribution in [0.25, 0.3) is 0 Å². The number of sulfonamides is 1. The molecule has 2 rings (SSSR count). The summed E-state index contributed by atoms with van der Waals surface area (Å²) in [6.07, 6.45) is 4.71. The van der Waals surface area contributed by atoms with E-state index in [1.807, 2.05) is 6.07 Å². The maximum Gasteiger partial charge on any atom is 0.246 e. The van der Waals surface area contributed by atoms with Crippen LogP contribution in [0.1, 0.15) is 5.56 Å². The van der Waals surface area contributed by atoms with Gasteiger partial charge in [-0.05, 0) is 23.8 Å². The number of nitrogen functional groups attached to an aromatic ring is 1. The van der Waals surface area contributed by atoms with Gasteiger partial charge in [-0.2, -0.15) is 4.31 Å². The van der Waals surface area contributed by atoms with Crippen LogP contribution in [0.4, 0.5) is 5.82 Å². The Morgan fingerprint density at radius 3 is 2.63 bits per heavy atom. The summed E-state index contributed by atoms with van der Waals surface area (Å²) in [5.41, 5.74) is 6.41. The van der Waals surface area contributed by atoms with E-state index >= 15 is 0 Å². The average molecular weight is 278 g/mol. The van der Waals surface area contributed by atoms with Crippen LogP contribution >= 0.6 is 0 Å². The molecular formula is C12H14N4O2S. The van der Waals surface area contributed by atoms with Gasteiger partial charge in [-0.25, -0.2) is 13.4 Å². The second kappa shape index (κ2) is 5.33. The topological polar surface area (TPSA) is 89.2 Å². The molecule has 6 nitrogen and oxygen atoms in total. The Hall–Kier alpha value is -1.99. The Kier molecular flexibility index (Phi) is 3.77. The van der Waals surface area contributed by atoms with Crippen LogP contribution in [0.3, 0.4) is 0 Å². The molecule has 0 aliphatic heterocycles. The van der Waals surface area contributed by atoms with Crippen LogP contribution in [-0.4, -0.2) is 29.7 Å². The Morgan fingerprint density at radius 1 is 1.26 bits per heavy atom. The van der Waals surface area contributed by atoms with E-state index in [0.717, 1.165) is 5.56 Å². The molecule has 2 N–H and O–H groups in total. The minimum Gasteiger partial charge on any atom is -0.383 e. The van der Waals surface area contributed by atoms with E-state index in [2.05, 4.69) is 9.97 Å². The first-order valence-electron chi connectivity index (χ1n) is 5.57. The smallest absolute Gasteiger partial charge is 0.246 e. The quantitative estimate of drug-likeness (QED) is 0.896. The molecule has 0 saturated carbocycles. The van der Waals surface area contributed by atoms with Gasteiger partial charge in [0.25, 0.3) is 0 Å². The van der Waals surface area contributed by atoms with Gasteiger partial charge in [0.1, 0.15) is 10.7 Å². The highest BCUT2D eigenvalue weighted by molar-refractivity contribution is 7.89. The Labute approximate surface area is 112 Å². The molecule has 0 spiro atoms. The third-order valence-corrected chi connectivity index (χ3v) is 4.47. The van der Waals surface area contributed by atoms with Gasteiger partial charge in [-0.3, -0.25) is 4.98 Å². The highest BCUT2D eigenvalue weighted by Gasteiger charge is 2.23. The molecule has 7 heteroatoms. The van der Waals surface area contributed by atoms with Gasteiger partial charge in [-0.15, -0.1) is 0 Å². The summed E-state index contributed by atoms with van der Waals surface area (Å²) < 4.78 is 25.9. The van der Waals surface area contributed by atoms with Crippen LogP contribution in [0.5, 0.6) is 0 Å². The standard InChI is InChI=1S/C12H14N4O2S/c1-16(9-10-4-2-6-14-8-10)19(17,18)11-5-3-7-15-12(11)13/h2-8H,9H2,1H3,(H2,13,15). The number of anilines is 1. The van der Waals surface area contributed by atoms with Crippen molar-refractivity contribution < 1.29 is 8.42 Å². The molecular weight excluding hydrogens is 264 g/mol. The lowest BCUT2D eigenvalue weighted by molar-refractivity contribution is 0.466. The Morgan fingerprint density at radius 2 is 2.00 bits per heavy atom. The molecule has 2 heterocycles. The maximum absolute atomic E-state index is 12.3. The third-order valence-electron chi connectivity index (χ3n) is 2.62. The van der Waals surface area contributed by atoms with Gasteiger partial charge in [0, 0.05) is 32.2 Å². The van der Waals surface area contributed by atoms with E-state index in [1.165, 1.54) is 23.6 Å². The average Bonchev–Trinajstić information content (AvgIpc) is 2.40. The van der Waals surface area contributed by atoms with Crippen molar-refractivity contribution in [1.29, 1.82) is 0 Å². The first kappa shape index (κ1) is 13.4. The molecule has 0 aromatic carbocycles. The molecule has 0 aliphatic carbocycles. The predicted molar refractivity (Wildman–Crippen MR) is 71.5 cm³/mol. The lowest BCUT2D eigenvalue weighted by Gasteiger charge is -2.17. The minimum absolute atomic E-state index is 0.000497. The predicted octanol–water partition coefficient (Wildman–Crippen LogP) is 0.879. The molecule has 0 fully saturated rings. The zero-order chi connectivity index (χ0) is 13.9. The number of hydrogen-bond donors (Lipinski definition) is 1. The van der Waals surface area contributed by atoms with Crippen molar-refractivity contribution in [2.75, 3.05) is 12.8 Å². The van der Waals surface area contributed by atoms with Crippen LogP contribution in [0.2, 0.25) is 0 Å². The highest BCUT2D eigenvalue weighted by atomic mass is 32.2. The molecule has 0 bridgehead atoms. The van der Waals surface area contributed by atoms with Crippen LogP contribution in [0.15, 0.2) is 47.8 Å². The van der Waals surface area contributed by atoms with Crippen molar-refractivity contribution in [3.05, 3.63) is 48.4 Å². The monoisotopic (exact) mass is 278 g/mol. The van der Waals surface area contributed by atoms with Crippen LogP contribution in [0, 0.1) is 0 Å². The molecule has 0 atom stereocenters. The number of rotatable bonds is 4. The van der Waals surface area contributed by atoms with E-state index in [4.69, 9.17) is 5.73 Å². The lowest BCUT2D eigenvalue weighted by atomic mass is 10.3. The zero-order valence-corrected chi connectivity index (χ0v) is 11.2. The molecule has 2 aromatic heterocycles. The van der Waals surface area contributed by atoms with Crippen LogP contribution in [-0.2, 0) is 16.6 Å². The second-order valence-electron chi connectivity index (χ2n) is 4.01. The summed E-state index contributed by atoms with van der Waals surface area (Å²) >= 11 is 0. The molecule has 100 valence electrons. The van der Waals surface area contributed by atoms with Crippen molar-refractivity contribution >= 4 is 15.8 Å². The summed E-state index contributed by atoms with van der Waals surface area (Å²) in [5.74, 6) is 0.000497. The largest absolute Gasteiger partial charge is 0.383 e. The van der Waals surface area contributed by atoms with Gasteiger partial charge in [0.15, 0.2) is 0 Å². The van der Waals surface area contributed by atoms with E-state index in [0.29, 0.717) is 0 Å². The summed E-state index contributed by atoms with van der Waals surface area (Å²) in [6, 6.07) is 6.55. The highest BCUT2D eigenvalue weighted by Crippen LogP contribution is 2.20. The third kappa shape index (κ3) is 2.88. The summed E-state index contributed by atoms with van der Waals surface area (Å²) in [7, 11) is -2.15. The lowest BCUT2D eigenvalue weighted by Crippen LogP contribution is -2.27. The number of nitrogens with zero attached hydrogens (tertiary/aromatic N) is 3. The van der Waals surface area contributed by atoms with Crippen molar-refractivity contribution in [3.8, 4) is 0 Å². The van der Waals surface area contributed by atoms with Gasteiger partial charge < -0.3 is 5.73 Å². The second-order valence-corrected chi connectivity index (χ2v) is 6.02. The zero-order valence-electron chi connectivity index (χ0n) is 10.4. The molecule has 0 amide bonds. The number of pyridine rings is 2. The molecule has 0 saturated heterocycles. The van der Waals surface area contributed by atoms with Gasteiger partial charge in [-0.1, -0.05) is 6.07 Å². The summed E-state index contributed by atoms with van der Waals surface area (Å²) in [6.45, 7) is 0.227. The molecule has 0 radical (unpaired) electrons. The first-order valence-corrected chi connectivity index (χ1v) is 7.01. The van der Waals surface area contributed by atoms with E-state index in [9.17, 15) is 8.42 Å². The van der Waals surface area contributed by atoms with Crippen LogP contribution < -0.4 is 5.73 Å². The van der Waals surface area contributed by atoms with Gasteiger partial charge in [0.05, 0.1) is 0 Å². The van der Waals surface area contributed by atoms with Crippen molar-refractivity contribution in [1.82, 2.24) is 14.3 Å². The van der Waals surface area contributed by atoms with E-state index < -0.39 is 10.0 Å².